The molecule has 2 aromatic rings. The van der Waals surface area contributed by atoms with E-state index in [4.69, 9.17) is 0 Å². The van der Waals surface area contributed by atoms with Crippen molar-refractivity contribution in [2.24, 2.45) is 0 Å². The zero-order valence-corrected chi connectivity index (χ0v) is 13.5. The molecule has 2 aromatic carbocycles. The molecule has 0 aliphatic rings. The molecule has 0 spiro atoms. The second kappa shape index (κ2) is 6.19. The van der Waals surface area contributed by atoms with E-state index >= 15 is 0 Å². The van der Waals surface area contributed by atoms with Crippen LogP contribution in [0.4, 0.5) is 5.69 Å². The molecule has 116 valence electrons. The second-order valence-corrected chi connectivity index (χ2v) is 6.83. The molecule has 0 fully saturated rings. The lowest BCUT2D eigenvalue weighted by molar-refractivity contribution is 0.0827. The maximum Gasteiger partial charge on any atom is 0.261 e. The van der Waals surface area contributed by atoms with Gasteiger partial charge in [-0.05, 0) is 36.8 Å². The highest BCUT2D eigenvalue weighted by atomic mass is 32.2. The Morgan fingerprint density at radius 3 is 2.27 bits per heavy atom. The molecule has 0 unspecified atom stereocenters. The standard InChI is InChI=1S/C16H18N2O3S/c1-12-9-10-13(16(19)18(2)3)11-15(12)17-22(20,21)14-7-5-4-6-8-14/h4-11,17H,1-3H3. The highest BCUT2D eigenvalue weighted by molar-refractivity contribution is 7.92. The predicted octanol–water partition coefficient (Wildman–Crippen LogP) is 2.50. The number of carbonyl (C=O) groups is 1. The molecule has 0 aliphatic heterocycles. The van der Waals surface area contributed by atoms with Gasteiger partial charge in [0.15, 0.2) is 0 Å². The summed E-state index contributed by atoms with van der Waals surface area (Å²) in [4.78, 5) is 13.6. The van der Waals surface area contributed by atoms with E-state index < -0.39 is 10.0 Å². The van der Waals surface area contributed by atoms with E-state index in [-0.39, 0.29) is 10.8 Å². The lowest BCUT2D eigenvalue weighted by atomic mass is 10.1. The Kier molecular flexibility index (Phi) is 4.51. The van der Waals surface area contributed by atoms with Crippen LogP contribution < -0.4 is 4.72 Å². The van der Waals surface area contributed by atoms with Crippen molar-refractivity contribution < 1.29 is 13.2 Å². The molecular weight excluding hydrogens is 300 g/mol. The summed E-state index contributed by atoms with van der Waals surface area (Å²) >= 11 is 0. The molecule has 1 N–H and O–H groups in total. The minimum atomic E-state index is -3.67. The molecule has 22 heavy (non-hydrogen) atoms. The highest BCUT2D eigenvalue weighted by Gasteiger charge is 2.16. The number of rotatable bonds is 4. The Morgan fingerprint density at radius 2 is 1.68 bits per heavy atom. The molecule has 1 amide bonds. The number of hydrogen-bond acceptors (Lipinski definition) is 3. The Bertz CT molecular complexity index is 784. The topological polar surface area (TPSA) is 66.5 Å². The molecule has 0 aliphatic carbocycles. The summed E-state index contributed by atoms with van der Waals surface area (Å²) < 4.78 is 27.3. The Balaban J connectivity index is 2.37. The molecule has 0 bridgehead atoms. The van der Waals surface area contributed by atoms with Crippen molar-refractivity contribution in [3.8, 4) is 0 Å². The molecule has 0 saturated carbocycles. The van der Waals surface area contributed by atoms with Crippen LogP contribution in [0.2, 0.25) is 0 Å². The van der Waals surface area contributed by atoms with E-state index in [1.165, 1.54) is 17.0 Å². The normalized spacial score (nSPS) is 11.0. The first-order chi connectivity index (χ1) is 10.3. The average Bonchev–Trinajstić information content (AvgIpc) is 2.49. The van der Waals surface area contributed by atoms with Crippen molar-refractivity contribution in [1.82, 2.24) is 4.90 Å². The van der Waals surface area contributed by atoms with Crippen molar-refractivity contribution in [1.29, 1.82) is 0 Å². The van der Waals surface area contributed by atoms with Crippen LogP contribution in [0.5, 0.6) is 0 Å². The Hall–Kier alpha value is -2.34. The smallest absolute Gasteiger partial charge is 0.261 e. The van der Waals surface area contributed by atoms with Crippen LogP contribution >= 0.6 is 0 Å². The lowest BCUT2D eigenvalue weighted by Crippen LogP contribution is -2.22. The summed E-state index contributed by atoms with van der Waals surface area (Å²) in [6, 6.07) is 13.1. The molecule has 0 aromatic heterocycles. The van der Waals surface area contributed by atoms with Crippen LogP contribution in [0.1, 0.15) is 15.9 Å². The van der Waals surface area contributed by atoms with E-state index in [1.807, 2.05) is 0 Å². The molecule has 5 nitrogen and oxygen atoms in total. The van der Waals surface area contributed by atoms with Crippen molar-refractivity contribution >= 4 is 21.6 Å². The van der Waals surface area contributed by atoms with Crippen molar-refractivity contribution in [3.05, 3.63) is 59.7 Å². The Morgan fingerprint density at radius 1 is 1.05 bits per heavy atom. The van der Waals surface area contributed by atoms with Gasteiger partial charge in [0.1, 0.15) is 0 Å². The van der Waals surface area contributed by atoms with Gasteiger partial charge in [-0.1, -0.05) is 24.3 Å². The van der Waals surface area contributed by atoms with Gasteiger partial charge in [0, 0.05) is 19.7 Å². The molecule has 0 heterocycles. The number of sulfonamides is 1. The van der Waals surface area contributed by atoms with Gasteiger partial charge in [-0.15, -0.1) is 0 Å². The number of nitrogens with one attached hydrogen (secondary N) is 1. The number of carbonyl (C=O) groups excluding carboxylic acids is 1. The second-order valence-electron chi connectivity index (χ2n) is 5.15. The molecule has 0 atom stereocenters. The van der Waals surface area contributed by atoms with Crippen molar-refractivity contribution in [2.45, 2.75) is 11.8 Å². The fourth-order valence-electron chi connectivity index (χ4n) is 1.93. The zero-order chi connectivity index (χ0) is 16.3. The highest BCUT2D eigenvalue weighted by Crippen LogP contribution is 2.21. The quantitative estimate of drug-likeness (QED) is 0.942. The average molecular weight is 318 g/mol. The van der Waals surface area contributed by atoms with Gasteiger partial charge in [0.2, 0.25) is 0 Å². The lowest BCUT2D eigenvalue weighted by Gasteiger charge is -2.14. The summed E-state index contributed by atoms with van der Waals surface area (Å²) in [6.07, 6.45) is 0. The third-order valence-corrected chi connectivity index (χ3v) is 4.57. The van der Waals surface area contributed by atoms with E-state index in [0.717, 1.165) is 5.56 Å². The number of benzene rings is 2. The molecule has 2 rings (SSSR count). The number of aryl methyl sites for hydroxylation is 1. The summed E-state index contributed by atoms with van der Waals surface area (Å²) in [5, 5.41) is 0. The van der Waals surface area contributed by atoms with Gasteiger partial charge < -0.3 is 4.90 Å². The predicted molar refractivity (Wildman–Crippen MR) is 86.4 cm³/mol. The van der Waals surface area contributed by atoms with Gasteiger partial charge in [-0.2, -0.15) is 0 Å². The largest absolute Gasteiger partial charge is 0.345 e. The van der Waals surface area contributed by atoms with Crippen molar-refractivity contribution in [2.75, 3.05) is 18.8 Å². The Labute approximate surface area is 130 Å². The van der Waals surface area contributed by atoms with Gasteiger partial charge in [-0.25, -0.2) is 8.42 Å². The van der Waals surface area contributed by atoms with Crippen LogP contribution in [0.15, 0.2) is 53.4 Å². The maximum atomic E-state index is 12.4. The van der Waals surface area contributed by atoms with Gasteiger partial charge in [0.05, 0.1) is 10.6 Å². The molecule has 0 radical (unpaired) electrons. The van der Waals surface area contributed by atoms with Gasteiger partial charge in [0.25, 0.3) is 15.9 Å². The van der Waals surface area contributed by atoms with E-state index in [0.29, 0.717) is 11.3 Å². The maximum absolute atomic E-state index is 12.4. The van der Waals surface area contributed by atoms with Crippen LogP contribution in [0, 0.1) is 6.92 Å². The summed E-state index contributed by atoms with van der Waals surface area (Å²) in [7, 11) is -0.376. The minimum Gasteiger partial charge on any atom is -0.345 e. The first-order valence-electron chi connectivity index (χ1n) is 6.71. The number of nitrogens with zero attached hydrogens (tertiary/aromatic N) is 1. The number of hydrogen-bond donors (Lipinski definition) is 1. The van der Waals surface area contributed by atoms with Crippen LogP contribution in [-0.4, -0.2) is 33.3 Å². The first kappa shape index (κ1) is 16.0. The monoisotopic (exact) mass is 318 g/mol. The fraction of sp³-hybridized carbons (Fsp3) is 0.188. The van der Waals surface area contributed by atoms with E-state index in [1.54, 1.807) is 57.4 Å². The summed E-state index contributed by atoms with van der Waals surface area (Å²) in [6.45, 7) is 1.78. The van der Waals surface area contributed by atoms with Crippen LogP contribution in [0.25, 0.3) is 0 Å². The van der Waals surface area contributed by atoms with E-state index in [2.05, 4.69) is 4.72 Å². The first-order valence-corrected chi connectivity index (χ1v) is 8.20. The van der Waals surface area contributed by atoms with E-state index in [9.17, 15) is 13.2 Å². The summed E-state index contributed by atoms with van der Waals surface area (Å²) in [5.74, 6) is -0.180. The van der Waals surface area contributed by atoms with Crippen LogP contribution in [-0.2, 0) is 10.0 Å². The number of anilines is 1. The third-order valence-electron chi connectivity index (χ3n) is 3.19. The summed E-state index contributed by atoms with van der Waals surface area (Å²) in [5.41, 5.74) is 1.58. The van der Waals surface area contributed by atoms with Crippen LogP contribution in [0.3, 0.4) is 0 Å². The molecule has 0 saturated heterocycles. The third kappa shape index (κ3) is 3.46. The zero-order valence-electron chi connectivity index (χ0n) is 12.7. The number of amides is 1. The molecular formula is C16H18N2O3S. The fourth-order valence-corrected chi connectivity index (χ4v) is 3.07. The minimum absolute atomic E-state index is 0.179. The molecule has 6 heteroatoms. The van der Waals surface area contributed by atoms with Crippen molar-refractivity contribution in [3.63, 3.8) is 0 Å². The SMILES string of the molecule is Cc1ccc(C(=O)N(C)C)cc1NS(=O)(=O)c1ccccc1. The van der Waals surface area contributed by atoms with Gasteiger partial charge >= 0.3 is 0 Å². The van der Waals surface area contributed by atoms with Gasteiger partial charge in [-0.3, -0.25) is 9.52 Å².